The van der Waals surface area contributed by atoms with Gasteiger partial charge >= 0.3 is 25.7 Å². The molecule has 0 amide bonds. The Morgan fingerprint density at radius 1 is 0.372 bits per heavy atom. The van der Waals surface area contributed by atoms with Crippen LogP contribution in [0, 0.1) is 0 Å². The number of allylic oxidation sites excluding steroid dienone is 14. The predicted molar refractivity (Wildman–Crippen MR) is 325 cm³/mol. The first-order valence-electron chi connectivity index (χ1n) is 31.5. The summed E-state index contributed by atoms with van der Waals surface area (Å²) in [6.45, 7) is 4.47. The first-order valence-corrected chi connectivity index (χ1v) is 33.0. The van der Waals surface area contributed by atoms with E-state index in [1.165, 1.54) is 122 Å². The van der Waals surface area contributed by atoms with Crippen LogP contribution in [0.5, 0.6) is 0 Å². The second-order valence-electron chi connectivity index (χ2n) is 20.8. The van der Waals surface area contributed by atoms with Crippen molar-refractivity contribution >= 4 is 25.7 Å². The van der Waals surface area contributed by atoms with Gasteiger partial charge in [-0.1, -0.05) is 260 Å². The number of phosphoric acid groups is 1. The Kier molecular flexibility index (Phi) is 57.2. The molecular weight excluding hydrogens is 1000 g/mol. The molecule has 0 aromatic heterocycles. The predicted octanol–water partition coefficient (Wildman–Crippen LogP) is 19.0. The van der Waals surface area contributed by atoms with Crippen molar-refractivity contribution in [1.29, 1.82) is 0 Å². The van der Waals surface area contributed by atoms with Crippen LogP contribution in [-0.2, 0) is 42.2 Å². The minimum absolute atomic E-state index is 0.0395. The Morgan fingerprint density at radius 2 is 0.692 bits per heavy atom. The second kappa shape index (κ2) is 59.8. The third-order valence-corrected chi connectivity index (χ3v) is 14.3. The molecule has 0 aromatic carbocycles. The van der Waals surface area contributed by atoms with E-state index in [0.29, 0.717) is 25.7 Å². The molecule has 3 atom stereocenters. The molecule has 0 radical (unpaired) electrons. The number of aliphatic hydroxyl groups is 1. The van der Waals surface area contributed by atoms with Gasteiger partial charge in [0.05, 0.1) is 19.8 Å². The fourth-order valence-electron chi connectivity index (χ4n) is 8.55. The molecule has 0 fully saturated rings. The maximum atomic E-state index is 12.9. The van der Waals surface area contributed by atoms with Crippen molar-refractivity contribution in [2.24, 2.45) is 0 Å². The Balaban J connectivity index is 4.79. The number of phosphoric ester groups is 1. The third-order valence-electron chi connectivity index (χ3n) is 13.3. The molecule has 0 saturated heterocycles. The van der Waals surface area contributed by atoms with Gasteiger partial charge in [-0.05, 0) is 83.5 Å². The maximum Gasteiger partial charge on any atom is 0.472 e. The minimum atomic E-state index is -4.77. The quantitative estimate of drug-likeness (QED) is 0.0197. The van der Waals surface area contributed by atoms with Gasteiger partial charge in [0.15, 0.2) is 6.10 Å². The fourth-order valence-corrected chi connectivity index (χ4v) is 9.34. The zero-order valence-electron chi connectivity index (χ0n) is 49.9. The standard InChI is InChI=1S/C66H115O11P/c1-4-7-10-13-16-19-22-25-28-30-31-33-36-39-42-45-48-51-54-57-66(70)77-63(59-73-64(68)55-52-49-46-43-40-37-34-27-24-21-18-15-12-9-6-3)61-75-78(71,72)74-60-62(58-67)76-65(69)56-53-50-47-44-41-38-35-32-29-26-23-20-17-14-11-8-5-2/h7,10,16,19,25,27-28,31,33-34,39,42,48,51,62-63,67H,4-6,8-9,11-15,17-18,20-24,26,29-30,32,35-38,40-41,43-47,49-50,52-61H2,1-3H3,(H,71,72)/b10-7-,19-16-,28-25-,33-31-,34-27-,42-39-,51-48-. The van der Waals surface area contributed by atoms with E-state index in [1.807, 2.05) is 12.2 Å². The van der Waals surface area contributed by atoms with Gasteiger partial charge in [0.25, 0.3) is 0 Å². The first-order chi connectivity index (χ1) is 38.2. The molecule has 0 aliphatic carbocycles. The SMILES string of the molecule is CC/C=C\C/C=C\C/C=C\C/C=C\C/C=C\C/C=C\CCC(=O)OC(COC(=O)CCCCCCC/C=C\CCCCCCCC)COP(=O)(O)OCC(CO)OC(=O)CCCCCCCCCCCCCCCCCCC. The zero-order valence-corrected chi connectivity index (χ0v) is 50.8. The summed E-state index contributed by atoms with van der Waals surface area (Å²) < 4.78 is 39.5. The van der Waals surface area contributed by atoms with E-state index in [-0.39, 0.29) is 25.9 Å². The van der Waals surface area contributed by atoms with E-state index in [0.717, 1.165) is 89.9 Å². The van der Waals surface area contributed by atoms with Crippen molar-refractivity contribution in [2.75, 3.05) is 26.4 Å². The van der Waals surface area contributed by atoms with Crippen LogP contribution >= 0.6 is 7.82 Å². The van der Waals surface area contributed by atoms with Gasteiger partial charge < -0.3 is 24.2 Å². The maximum absolute atomic E-state index is 12.9. The first kappa shape index (κ1) is 74.7. The van der Waals surface area contributed by atoms with E-state index in [9.17, 15) is 28.9 Å². The number of hydrogen-bond donors (Lipinski definition) is 2. The lowest BCUT2D eigenvalue weighted by Crippen LogP contribution is -2.30. The van der Waals surface area contributed by atoms with Crippen LogP contribution < -0.4 is 0 Å². The lowest BCUT2D eigenvalue weighted by Gasteiger charge is -2.21. The van der Waals surface area contributed by atoms with E-state index >= 15 is 0 Å². The molecule has 0 aliphatic rings. The van der Waals surface area contributed by atoms with Crippen LogP contribution in [-0.4, -0.2) is 66.5 Å². The highest BCUT2D eigenvalue weighted by molar-refractivity contribution is 7.47. The van der Waals surface area contributed by atoms with Crippen molar-refractivity contribution in [3.63, 3.8) is 0 Å². The number of hydrogen-bond acceptors (Lipinski definition) is 10. The lowest BCUT2D eigenvalue weighted by molar-refractivity contribution is -0.161. The normalized spacial score (nSPS) is 13.9. The summed E-state index contributed by atoms with van der Waals surface area (Å²) in [7, 11) is -4.77. The third kappa shape index (κ3) is 57.3. The van der Waals surface area contributed by atoms with Crippen LogP contribution in [0.15, 0.2) is 85.1 Å². The summed E-state index contributed by atoms with van der Waals surface area (Å²) in [6.07, 6.45) is 69.8. The minimum Gasteiger partial charge on any atom is -0.462 e. The fraction of sp³-hybridized carbons (Fsp3) is 0.742. The van der Waals surface area contributed by atoms with Crippen LogP contribution in [0.1, 0.15) is 278 Å². The summed E-state index contributed by atoms with van der Waals surface area (Å²) in [4.78, 5) is 48.6. The monoisotopic (exact) mass is 1110 g/mol. The highest BCUT2D eigenvalue weighted by Gasteiger charge is 2.28. The molecule has 0 spiro atoms. The number of carbonyl (C=O) groups excluding carboxylic acids is 3. The van der Waals surface area contributed by atoms with E-state index in [1.54, 1.807) is 0 Å². The molecule has 0 saturated carbocycles. The molecule has 0 rings (SSSR count). The summed E-state index contributed by atoms with van der Waals surface area (Å²) in [5.74, 6) is -1.57. The molecule has 12 heteroatoms. The number of esters is 3. The smallest absolute Gasteiger partial charge is 0.462 e. The summed E-state index contributed by atoms with van der Waals surface area (Å²) in [5.41, 5.74) is 0. The average Bonchev–Trinajstić information content (AvgIpc) is 3.43. The average molecular weight is 1120 g/mol. The number of unbranched alkanes of at least 4 members (excludes halogenated alkanes) is 27. The largest absolute Gasteiger partial charge is 0.472 e. The topological polar surface area (TPSA) is 155 Å². The van der Waals surface area contributed by atoms with Crippen LogP contribution in [0.2, 0.25) is 0 Å². The van der Waals surface area contributed by atoms with Gasteiger partial charge in [-0.15, -0.1) is 0 Å². The zero-order chi connectivity index (χ0) is 56.9. The van der Waals surface area contributed by atoms with E-state index in [4.69, 9.17) is 23.3 Å². The molecule has 0 aromatic rings. The van der Waals surface area contributed by atoms with Crippen LogP contribution in [0.4, 0.5) is 0 Å². The summed E-state index contributed by atoms with van der Waals surface area (Å²) in [5, 5.41) is 9.85. The van der Waals surface area contributed by atoms with Crippen LogP contribution in [0.3, 0.4) is 0 Å². The molecule has 78 heavy (non-hydrogen) atoms. The van der Waals surface area contributed by atoms with E-state index < -0.39 is 57.8 Å². The van der Waals surface area contributed by atoms with Gasteiger partial charge in [0.2, 0.25) is 0 Å². The number of aliphatic hydroxyl groups excluding tert-OH is 1. The molecule has 2 N–H and O–H groups in total. The van der Waals surface area contributed by atoms with Crippen molar-refractivity contribution in [1.82, 2.24) is 0 Å². The molecular formula is C66H115O11P. The molecule has 0 heterocycles. The number of carbonyl (C=O) groups is 3. The summed E-state index contributed by atoms with van der Waals surface area (Å²) in [6, 6.07) is 0. The summed E-state index contributed by atoms with van der Waals surface area (Å²) >= 11 is 0. The van der Waals surface area contributed by atoms with Crippen molar-refractivity contribution in [3.05, 3.63) is 85.1 Å². The number of rotatable bonds is 58. The molecule has 3 unspecified atom stereocenters. The molecule has 0 bridgehead atoms. The Labute approximate surface area is 477 Å². The number of ether oxygens (including phenoxy) is 3. The highest BCUT2D eigenvalue weighted by Crippen LogP contribution is 2.43. The lowest BCUT2D eigenvalue weighted by atomic mass is 10.0. The van der Waals surface area contributed by atoms with Crippen molar-refractivity contribution in [2.45, 2.75) is 290 Å². The van der Waals surface area contributed by atoms with Crippen LogP contribution in [0.25, 0.3) is 0 Å². The van der Waals surface area contributed by atoms with Crippen molar-refractivity contribution in [3.8, 4) is 0 Å². The molecule has 0 aliphatic heterocycles. The van der Waals surface area contributed by atoms with Gasteiger partial charge in [-0.2, -0.15) is 0 Å². The molecule has 11 nitrogen and oxygen atoms in total. The van der Waals surface area contributed by atoms with Crippen molar-refractivity contribution < 1.29 is 52.2 Å². The van der Waals surface area contributed by atoms with Gasteiger partial charge in [-0.25, -0.2) is 4.57 Å². The van der Waals surface area contributed by atoms with Gasteiger partial charge in [0.1, 0.15) is 12.7 Å². The Morgan fingerprint density at radius 3 is 1.10 bits per heavy atom. The van der Waals surface area contributed by atoms with E-state index in [2.05, 4.69) is 93.7 Å². The Hall–Kier alpha value is -3.34. The highest BCUT2D eigenvalue weighted by atomic mass is 31.2. The Bertz CT molecular complexity index is 1630. The van der Waals surface area contributed by atoms with Gasteiger partial charge in [-0.3, -0.25) is 23.4 Å². The molecule has 450 valence electrons. The second-order valence-corrected chi connectivity index (χ2v) is 22.3. The van der Waals surface area contributed by atoms with Gasteiger partial charge in [0, 0.05) is 19.3 Å².